The Balaban J connectivity index is 1.32. The lowest BCUT2D eigenvalue weighted by Crippen LogP contribution is -2.40. The average Bonchev–Trinajstić information content (AvgIpc) is 3.19. The molecule has 0 amide bonds. The third kappa shape index (κ3) is 9.02. The molecule has 62 heavy (non-hydrogen) atoms. The van der Waals surface area contributed by atoms with Crippen molar-refractivity contribution in [2.75, 3.05) is 13.2 Å². The van der Waals surface area contributed by atoms with E-state index in [0.717, 1.165) is 78.0 Å². The van der Waals surface area contributed by atoms with Crippen molar-refractivity contribution < 1.29 is 28.4 Å². The fourth-order valence-electron chi connectivity index (χ4n) is 8.62. The van der Waals surface area contributed by atoms with Gasteiger partial charge in [-0.05, 0) is 189 Å². The van der Waals surface area contributed by atoms with Gasteiger partial charge in [0.15, 0.2) is 0 Å². The van der Waals surface area contributed by atoms with E-state index in [9.17, 15) is 0 Å². The first-order valence-corrected chi connectivity index (χ1v) is 21.8. The second-order valence-corrected chi connectivity index (χ2v) is 20.8. The molecule has 6 heteroatoms. The van der Waals surface area contributed by atoms with Crippen LogP contribution in [0.25, 0.3) is 22.9 Å². The number of hydrogen-bond donors (Lipinski definition) is 0. The van der Waals surface area contributed by atoms with Gasteiger partial charge in [-0.15, -0.1) is 0 Å². The first-order valence-electron chi connectivity index (χ1n) is 21.8. The molecule has 0 unspecified atom stereocenters. The Morgan fingerprint density at radius 2 is 0.581 bits per heavy atom. The van der Waals surface area contributed by atoms with Crippen LogP contribution in [0, 0.1) is 0 Å². The number of ether oxygens (including phenoxy) is 6. The summed E-state index contributed by atoms with van der Waals surface area (Å²) >= 11 is 0. The van der Waals surface area contributed by atoms with E-state index in [2.05, 4.69) is 217 Å². The zero-order valence-electron chi connectivity index (χ0n) is 38.6. The summed E-state index contributed by atoms with van der Waals surface area (Å²) in [4.78, 5) is 0. The molecule has 0 bridgehead atoms. The van der Waals surface area contributed by atoms with Crippen molar-refractivity contribution >= 4 is 22.9 Å². The zero-order valence-corrected chi connectivity index (χ0v) is 38.6. The van der Waals surface area contributed by atoms with Crippen molar-refractivity contribution in [2.45, 2.75) is 116 Å². The van der Waals surface area contributed by atoms with E-state index in [-0.39, 0.29) is 22.4 Å². The molecule has 2 aliphatic heterocycles. The third-order valence-electron chi connectivity index (χ3n) is 11.1. The molecule has 0 spiro atoms. The van der Waals surface area contributed by atoms with Gasteiger partial charge in [0.1, 0.15) is 70.1 Å². The second-order valence-electron chi connectivity index (χ2n) is 20.8. The minimum Gasteiger partial charge on any atom is -0.491 e. The predicted molar refractivity (Wildman–Crippen MR) is 252 cm³/mol. The summed E-state index contributed by atoms with van der Waals surface area (Å²) in [7, 11) is 0. The molecule has 8 rings (SSSR count). The van der Waals surface area contributed by atoms with E-state index in [4.69, 9.17) is 28.4 Å². The van der Waals surface area contributed by atoms with Crippen LogP contribution in [0.3, 0.4) is 0 Å². The van der Waals surface area contributed by atoms with Crippen molar-refractivity contribution in [3.05, 3.63) is 154 Å². The summed E-state index contributed by atoms with van der Waals surface area (Å²) in [5.74, 6) is 5.00. The van der Waals surface area contributed by atoms with Crippen LogP contribution in [-0.4, -0.2) is 35.6 Å². The largest absolute Gasteiger partial charge is 0.491 e. The highest BCUT2D eigenvalue weighted by atomic mass is 16.5. The van der Waals surface area contributed by atoms with Gasteiger partial charge in [0, 0.05) is 10.4 Å². The lowest BCUT2D eigenvalue weighted by Gasteiger charge is -2.37. The highest BCUT2D eigenvalue weighted by molar-refractivity contribution is 5.90. The van der Waals surface area contributed by atoms with Gasteiger partial charge in [0.05, 0.1) is 10.8 Å². The SMILES string of the molecule is CC(C)(C)Oc1ccc(C2(c3ccc(OC(C)(C)C)cc3)C=c3c(ccc4c5c(ccc34)OCC(c3ccc(OC(C)(C)C)cc3)(c3ccc(OC(C)(C)C)cc3)C=5)OC2)cc1. The highest BCUT2D eigenvalue weighted by Gasteiger charge is 2.39. The number of benzene rings is 6. The van der Waals surface area contributed by atoms with Crippen LogP contribution in [0.5, 0.6) is 34.5 Å². The van der Waals surface area contributed by atoms with Gasteiger partial charge < -0.3 is 28.4 Å². The lowest BCUT2D eigenvalue weighted by molar-refractivity contribution is 0.130. The van der Waals surface area contributed by atoms with Crippen molar-refractivity contribution in [3.63, 3.8) is 0 Å². The molecular weight excluding hydrogens is 769 g/mol. The molecule has 0 aromatic heterocycles. The van der Waals surface area contributed by atoms with E-state index >= 15 is 0 Å². The predicted octanol–water partition coefficient (Wildman–Crippen LogP) is 11.9. The molecule has 6 aromatic rings. The van der Waals surface area contributed by atoms with Crippen molar-refractivity contribution in [2.24, 2.45) is 0 Å². The van der Waals surface area contributed by atoms with Crippen LogP contribution < -0.4 is 38.9 Å². The number of fused-ring (bicyclic) bond motifs is 5. The van der Waals surface area contributed by atoms with Crippen LogP contribution in [0.1, 0.15) is 105 Å². The monoisotopic (exact) mass is 830 g/mol. The van der Waals surface area contributed by atoms with Gasteiger partial charge in [-0.25, -0.2) is 0 Å². The Kier molecular flexibility index (Phi) is 10.7. The third-order valence-corrected chi connectivity index (χ3v) is 11.1. The van der Waals surface area contributed by atoms with E-state index in [0.29, 0.717) is 13.2 Å². The second kappa shape index (κ2) is 15.5. The Morgan fingerprint density at radius 1 is 0.339 bits per heavy atom. The molecule has 0 N–H and O–H groups in total. The molecule has 2 heterocycles. The smallest absolute Gasteiger partial charge is 0.126 e. The first-order chi connectivity index (χ1) is 29.1. The topological polar surface area (TPSA) is 55.4 Å². The van der Waals surface area contributed by atoms with Gasteiger partial charge in [0.2, 0.25) is 0 Å². The molecule has 0 saturated heterocycles. The highest BCUT2D eigenvalue weighted by Crippen LogP contribution is 2.42. The van der Waals surface area contributed by atoms with E-state index in [1.54, 1.807) is 0 Å². The Bertz CT molecular complexity index is 2370. The van der Waals surface area contributed by atoms with Crippen LogP contribution in [-0.2, 0) is 10.8 Å². The minimum absolute atomic E-state index is 0.314. The van der Waals surface area contributed by atoms with Gasteiger partial charge >= 0.3 is 0 Å². The summed E-state index contributed by atoms with van der Waals surface area (Å²) in [5.41, 5.74) is 1.94. The van der Waals surface area contributed by atoms with Crippen molar-refractivity contribution in [1.29, 1.82) is 0 Å². The molecule has 6 aromatic carbocycles. The Morgan fingerprint density at radius 3 is 0.806 bits per heavy atom. The average molecular weight is 831 g/mol. The van der Waals surface area contributed by atoms with E-state index in [1.807, 2.05) is 0 Å². The Hall–Kier alpha value is -5.88. The van der Waals surface area contributed by atoms with Crippen LogP contribution in [0.2, 0.25) is 0 Å². The zero-order chi connectivity index (χ0) is 44.3. The fraction of sp³-hybridized carbons (Fsp3) is 0.357. The molecule has 0 atom stereocenters. The van der Waals surface area contributed by atoms with Crippen LogP contribution >= 0.6 is 0 Å². The molecule has 0 radical (unpaired) electrons. The summed E-state index contributed by atoms with van der Waals surface area (Å²) in [6.45, 7) is 25.7. The standard InChI is InChI=1S/C56H62O6/c1-51(2,3)59-41-21-13-37(14-22-41)55(38-15-23-42(24-16-38)60-52(4,5)6)33-47-45-29-32-50-48(46(45)30-31-49(47)57-35-55)34-56(36-58-50,39-17-25-43(26-18-39)61-53(7,8)9)40-19-27-44(28-20-40)62-54(10,11)12/h13-34H,35-36H2,1-12H3. The summed E-state index contributed by atoms with van der Waals surface area (Å²) in [6, 6.07) is 42.5. The number of hydrogen-bond acceptors (Lipinski definition) is 6. The normalized spacial score (nSPS) is 15.7. The molecule has 2 aliphatic rings. The molecule has 6 nitrogen and oxygen atoms in total. The van der Waals surface area contributed by atoms with Gasteiger partial charge in [0.25, 0.3) is 0 Å². The maximum Gasteiger partial charge on any atom is 0.126 e. The first kappa shape index (κ1) is 42.8. The molecular formula is C56H62O6. The maximum atomic E-state index is 6.83. The van der Waals surface area contributed by atoms with Gasteiger partial charge in [-0.1, -0.05) is 60.7 Å². The number of rotatable bonds is 8. The summed E-state index contributed by atoms with van der Waals surface area (Å²) < 4.78 is 38.7. The van der Waals surface area contributed by atoms with E-state index < -0.39 is 10.8 Å². The minimum atomic E-state index is -0.616. The maximum absolute atomic E-state index is 6.83. The molecule has 0 aliphatic carbocycles. The molecule has 0 fully saturated rings. The molecule has 0 saturated carbocycles. The van der Waals surface area contributed by atoms with Crippen LogP contribution in [0.4, 0.5) is 0 Å². The fourth-order valence-corrected chi connectivity index (χ4v) is 8.62. The quantitative estimate of drug-likeness (QED) is 0.152. The summed E-state index contributed by atoms with van der Waals surface area (Å²) in [6.07, 6.45) is 4.80. The van der Waals surface area contributed by atoms with E-state index in [1.165, 1.54) is 0 Å². The summed E-state index contributed by atoms with van der Waals surface area (Å²) in [5, 5.41) is 4.26. The van der Waals surface area contributed by atoms with Gasteiger partial charge in [-0.2, -0.15) is 0 Å². The lowest BCUT2D eigenvalue weighted by atomic mass is 9.72. The molecule has 322 valence electrons. The van der Waals surface area contributed by atoms with Crippen LogP contribution in [0.15, 0.2) is 121 Å². The van der Waals surface area contributed by atoms with Crippen molar-refractivity contribution in [3.8, 4) is 34.5 Å². The van der Waals surface area contributed by atoms with Gasteiger partial charge in [-0.3, -0.25) is 0 Å². The Labute approximate surface area is 368 Å². The van der Waals surface area contributed by atoms with Crippen molar-refractivity contribution in [1.82, 2.24) is 0 Å².